The van der Waals surface area contributed by atoms with Crippen LogP contribution in [0.3, 0.4) is 0 Å². The molecule has 2 rings (SSSR count). The Bertz CT molecular complexity index is 487. The molecule has 22 heavy (non-hydrogen) atoms. The number of carbonyl (C=O) groups excluding carboxylic acids is 1. The van der Waals surface area contributed by atoms with Gasteiger partial charge in [-0.15, -0.1) is 12.4 Å². The van der Waals surface area contributed by atoms with Crippen molar-refractivity contribution in [2.45, 2.75) is 50.3 Å². The molecule has 1 amide bonds. The van der Waals surface area contributed by atoms with Crippen molar-refractivity contribution in [2.24, 2.45) is 5.73 Å². The number of benzene rings is 1. The van der Waals surface area contributed by atoms with Gasteiger partial charge in [0.05, 0.1) is 11.6 Å². The number of amides is 1. The molecular formula is C16H24Cl2N2O2. The normalized spacial score (nSPS) is 19.1. The summed E-state index contributed by atoms with van der Waals surface area (Å²) in [5.74, 6) is -0.0801. The first kappa shape index (κ1) is 19.2. The molecule has 2 atom stereocenters. The zero-order chi connectivity index (χ0) is 15.5. The fourth-order valence-electron chi connectivity index (χ4n) is 2.94. The van der Waals surface area contributed by atoms with Crippen LogP contribution in [0.25, 0.3) is 0 Å². The maximum atomic E-state index is 12.4. The number of halogens is 2. The largest absolute Gasteiger partial charge is 0.375 e. The van der Waals surface area contributed by atoms with Crippen LogP contribution < -0.4 is 11.1 Å². The van der Waals surface area contributed by atoms with Gasteiger partial charge in [-0.25, -0.2) is 0 Å². The average Bonchev–Trinajstić information content (AvgIpc) is 2.90. The van der Waals surface area contributed by atoms with Crippen LogP contribution in [0.15, 0.2) is 24.3 Å². The van der Waals surface area contributed by atoms with Crippen LogP contribution in [0.2, 0.25) is 5.02 Å². The third-order valence-electron chi connectivity index (χ3n) is 4.21. The van der Waals surface area contributed by atoms with E-state index in [9.17, 15) is 4.79 Å². The first-order valence-electron chi connectivity index (χ1n) is 7.34. The Balaban J connectivity index is 0.00000242. The van der Waals surface area contributed by atoms with E-state index >= 15 is 0 Å². The van der Waals surface area contributed by atoms with Crippen molar-refractivity contribution >= 4 is 29.9 Å². The van der Waals surface area contributed by atoms with Gasteiger partial charge in [-0.2, -0.15) is 0 Å². The van der Waals surface area contributed by atoms with Gasteiger partial charge >= 0.3 is 0 Å². The van der Waals surface area contributed by atoms with E-state index in [0.29, 0.717) is 5.02 Å². The lowest BCUT2D eigenvalue weighted by atomic mass is 9.96. The van der Waals surface area contributed by atoms with E-state index in [-0.39, 0.29) is 30.5 Å². The zero-order valence-electron chi connectivity index (χ0n) is 13.0. The Morgan fingerprint density at radius 1 is 1.32 bits per heavy atom. The second-order valence-corrected chi connectivity index (χ2v) is 6.27. The molecule has 0 bridgehead atoms. The quantitative estimate of drug-likeness (QED) is 0.860. The molecule has 1 aromatic rings. The van der Waals surface area contributed by atoms with Gasteiger partial charge in [-0.05, 0) is 37.5 Å². The minimum atomic E-state index is -0.716. The molecule has 124 valence electrons. The summed E-state index contributed by atoms with van der Waals surface area (Å²) < 4.78 is 5.54. The van der Waals surface area contributed by atoms with Crippen molar-refractivity contribution in [1.29, 1.82) is 0 Å². The standard InChI is InChI=1S/C16H23ClN2O2.ClH/c1-11(19-15(20)16(18)9-3-4-10-16)14(21-2)12-5-7-13(17)8-6-12;/h5-8,11,14H,3-4,9-10,18H2,1-2H3,(H,19,20);1H. The molecule has 1 saturated carbocycles. The Kier molecular flexibility index (Phi) is 7.13. The summed E-state index contributed by atoms with van der Waals surface area (Å²) in [5.41, 5.74) is 6.44. The second-order valence-electron chi connectivity index (χ2n) is 5.83. The number of nitrogens with two attached hydrogens (primary N) is 1. The minimum Gasteiger partial charge on any atom is -0.375 e. The predicted octanol–water partition coefficient (Wildman–Crippen LogP) is 3.23. The summed E-state index contributed by atoms with van der Waals surface area (Å²) in [6.45, 7) is 1.93. The van der Waals surface area contributed by atoms with Crippen LogP contribution in [-0.4, -0.2) is 24.6 Å². The maximum Gasteiger partial charge on any atom is 0.240 e. The predicted molar refractivity (Wildman–Crippen MR) is 91.4 cm³/mol. The minimum absolute atomic E-state index is 0. The number of hydrogen-bond acceptors (Lipinski definition) is 3. The van der Waals surface area contributed by atoms with Gasteiger partial charge in [-0.3, -0.25) is 4.79 Å². The van der Waals surface area contributed by atoms with Crippen LogP contribution >= 0.6 is 24.0 Å². The van der Waals surface area contributed by atoms with Gasteiger partial charge in [0.1, 0.15) is 6.10 Å². The maximum absolute atomic E-state index is 12.4. The Morgan fingerprint density at radius 2 is 1.86 bits per heavy atom. The molecule has 0 aromatic heterocycles. The summed E-state index contributed by atoms with van der Waals surface area (Å²) in [6.07, 6.45) is 3.32. The van der Waals surface area contributed by atoms with Gasteiger partial charge < -0.3 is 15.8 Å². The lowest BCUT2D eigenvalue weighted by Gasteiger charge is -2.29. The van der Waals surface area contributed by atoms with E-state index < -0.39 is 5.54 Å². The number of carbonyl (C=O) groups is 1. The molecule has 4 nitrogen and oxygen atoms in total. The van der Waals surface area contributed by atoms with Crippen LogP contribution in [-0.2, 0) is 9.53 Å². The molecule has 0 spiro atoms. The molecule has 0 heterocycles. The van der Waals surface area contributed by atoms with Crippen molar-refractivity contribution < 1.29 is 9.53 Å². The smallest absolute Gasteiger partial charge is 0.240 e. The Labute approximate surface area is 143 Å². The van der Waals surface area contributed by atoms with Crippen LogP contribution in [0.1, 0.15) is 44.3 Å². The van der Waals surface area contributed by atoms with E-state index in [2.05, 4.69) is 5.32 Å². The Hall–Kier alpha value is -0.810. The van der Waals surface area contributed by atoms with Gasteiger partial charge in [0, 0.05) is 12.1 Å². The van der Waals surface area contributed by atoms with Crippen molar-refractivity contribution in [2.75, 3.05) is 7.11 Å². The molecule has 0 aliphatic heterocycles. The molecule has 6 heteroatoms. The van der Waals surface area contributed by atoms with Gasteiger partial charge in [0.25, 0.3) is 0 Å². The van der Waals surface area contributed by atoms with E-state index in [4.69, 9.17) is 22.1 Å². The molecule has 0 saturated heterocycles. The van der Waals surface area contributed by atoms with E-state index in [0.717, 1.165) is 31.2 Å². The van der Waals surface area contributed by atoms with Gasteiger partial charge in [0.15, 0.2) is 0 Å². The molecule has 1 aliphatic carbocycles. The van der Waals surface area contributed by atoms with Crippen LogP contribution in [0, 0.1) is 0 Å². The molecule has 1 aromatic carbocycles. The second kappa shape index (κ2) is 8.16. The van der Waals surface area contributed by atoms with E-state index in [1.165, 1.54) is 0 Å². The highest BCUT2D eigenvalue weighted by molar-refractivity contribution is 6.30. The highest BCUT2D eigenvalue weighted by Gasteiger charge is 2.38. The molecule has 2 unspecified atom stereocenters. The van der Waals surface area contributed by atoms with E-state index in [1.807, 2.05) is 31.2 Å². The Morgan fingerprint density at radius 3 is 2.36 bits per heavy atom. The zero-order valence-corrected chi connectivity index (χ0v) is 14.5. The number of ether oxygens (including phenoxy) is 1. The molecule has 0 radical (unpaired) electrons. The van der Waals surface area contributed by atoms with Crippen LogP contribution in [0.5, 0.6) is 0 Å². The summed E-state index contributed by atoms with van der Waals surface area (Å²) in [6, 6.07) is 7.29. The lowest BCUT2D eigenvalue weighted by Crippen LogP contribution is -2.55. The number of nitrogens with one attached hydrogen (secondary N) is 1. The molecule has 1 fully saturated rings. The monoisotopic (exact) mass is 346 g/mol. The topological polar surface area (TPSA) is 64.3 Å². The summed E-state index contributed by atoms with van der Waals surface area (Å²) in [4.78, 5) is 12.4. The molecule has 3 N–H and O–H groups in total. The van der Waals surface area contributed by atoms with Crippen molar-refractivity contribution in [3.8, 4) is 0 Å². The summed E-state index contributed by atoms with van der Waals surface area (Å²) >= 11 is 5.90. The first-order chi connectivity index (χ1) is 9.96. The summed E-state index contributed by atoms with van der Waals surface area (Å²) in [5, 5.41) is 3.68. The SMILES string of the molecule is COC(c1ccc(Cl)cc1)C(C)NC(=O)C1(N)CCCC1.Cl. The van der Waals surface area contributed by atoms with Crippen LogP contribution in [0.4, 0.5) is 0 Å². The lowest BCUT2D eigenvalue weighted by molar-refractivity contribution is -0.127. The molecule has 1 aliphatic rings. The fraction of sp³-hybridized carbons (Fsp3) is 0.562. The third kappa shape index (κ3) is 4.35. The average molecular weight is 347 g/mol. The third-order valence-corrected chi connectivity index (χ3v) is 4.47. The molecular weight excluding hydrogens is 323 g/mol. The fourth-order valence-corrected chi connectivity index (χ4v) is 3.07. The van der Waals surface area contributed by atoms with Gasteiger partial charge in [0.2, 0.25) is 5.91 Å². The van der Waals surface area contributed by atoms with Gasteiger partial charge in [-0.1, -0.05) is 36.6 Å². The number of hydrogen-bond donors (Lipinski definition) is 2. The number of rotatable bonds is 5. The van der Waals surface area contributed by atoms with Crippen molar-refractivity contribution in [1.82, 2.24) is 5.32 Å². The van der Waals surface area contributed by atoms with Crippen molar-refractivity contribution in [3.05, 3.63) is 34.9 Å². The highest BCUT2D eigenvalue weighted by atomic mass is 35.5. The van der Waals surface area contributed by atoms with Crippen molar-refractivity contribution in [3.63, 3.8) is 0 Å². The van der Waals surface area contributed by atoms with E-state index in [1.54, 1.807) is 7.11 Å². The number of methoxy groups -OCH3 is 1. The first-order valence-corrected chi connectivity index (χ1v) is 7.72. The summed E-state index contributed by atoms with van der Waals surface area (Å²) in [7, 11) is 1.63. The highest BCUT2D eigenvalue weighted by Crippen LogP contribution is 2.28.